The van der Waals surface area contributed by atoms with Crippen LogP contribution in [-0.4, -0.2) is 12.6 Å². The SMILES string of the molecule is CCCCCCCCCCCCCCOc1cccc(NC(=O)Nc2ccccc2C[n+]2cscc2C)c1. The van der Waals surface area contributed by atoms with Crippen LogP contribution < -0.4 is 19.9 Å². The number of urea groups is 1. The minimum absolute atomic E-state index is 0.261. The van der Waals surface area contributed by atoms with E-state index < -0.39 is 0 Å². The Morgan fingerprint density at radius 3 is 2.21 bits per heavy atom. The van der Waals surface area contributed by atoms with Crippen LogP contribution in [0, 0.1) is 6.92 Å². The van der Waals surface area contributed by atoms with Crippen LogP contribution in [0.25, 0.3) is 0 Å². The molecule has 206 valence electrons. The number of anilines is 2. The molecule has 1 aromatic heterocycles. The number of carbonyl (C=O) groups excluding carboxylic acids is 1. The number of thiazole rings is 1. The highest BCUT2D eigenvalue weighted by molar-refractivity contribution is 7.07. The molecular weight excluding hydrogens is 490 g/mol. The second-order valence-corrected chi connectivity index (χ2v) is 10.8. The molecule has 2 aromatic carbocycles. The van der Waals surface area contributed by atoms with Crippen molar-refractivity contribution in [3.63, 3.8) is 0 Å². The van der Waals surface area contributed by atoms with E-state index in [0.29, 0.717) is 13.2 Å². The number of benzene rings is 2. The van der Waals surface area contributed by atoms with Gasteiger partial charge in [-0.05, 0) is 24.6 Å². The summed E-state index contributed by atoms with van der Waals surface area (Å²) in [6.07, 6.45) is 16.0. The molecule has 2 N–H and O–H groups in total. The molecule has 1 heterocycles. The fourth-order valence-corrected chi connectivity index (χ4v) is 5.34. The molecule has 2 amide bonds. The molecule has 0 radical (unpaired) electrons. The molecule has 0 aliphatic rings. The van der Waals surface area contributed by atoms with E-state index in [4.69, 9.17) is 4.74 Å². The highest BCUT2D eigenvalue weighted by Gasteiger charge is 2.13. The summed E-state index contributed by atoms with van der Waals surface area (Å²) in [4.78, 5) is 12.7. The van der Waals surface area contributed by atoms with E-state index in [1.807, 2.05) is 48.5 Å². The Labute approximate surface area is 233 Å². The summed E-state index contributed by atoms with van der Waals surface area (Å²) in [5, 5.41) is 8.07. The van der Waals surface area contributed by atoms with E-state index in [-0.39, 0.29) is 6.03 Å². The molecule has 0 saturated heterocycles. The topological polar surface area (TPSA) is 54.2 Å². The number of aryl methyl sites for hydroxylation is 1. The van der Waals surface area contributed by atoms with E-state index in [1.54, 1.807) is 11.3 Å². The first kappa shape index (κ1) is 29.7. The summed E-state index contributed by atoms with van der Waals surface area (Å²) >= 11 is 1.67. The van der Waals surface area contributed by atoms with Gasteiger partial charge in [-0.1, -0.05) is 113 Å². The van der Waals surface area contributed by atoms with Crippen LogP contribution in [0.3, 0.4) is 0 Å². The largest absolute Gasteiger partial charge is 0.494 e. The Morgan fingerprint density at radius 2 is 1.53 bits per heavy atom. The lowest BCUT2D eigenvalue weighted by Crippen LogP contribution is -2.35. The van der Waals surface area contributed by atoms with Crippen molar-refractivity contribution >= 4 is 28.7 Å². The zero-order valence-electron chi connectivity index (χ0n) is 23.3. The highest BCUT2D eigenvalue weighted by atomic mass is 32.1. The predicted molar refractivity (Wildman–Crippen MR) is 160 cm³/mol. The molecule has 6 heteroatoms. The minimum Gasteiger partial charge on any atom is -0.494 e. The van der Waals surface area contributed by atoms with Gasteiger partial charge in [0, 0.05) is 24.2 Å². The number of ether oxygens (including phenoxy) is 1. The number of para-hydroxylation sites is 1. The van der Waals surface area contributed by atoms with Crippen molar-refractivity contribution in [3.05, 3.63) is 70.7 Å². The average Bonchev–Trinajstić information content (AvgIpc) is 3.32. The Hall–Kier alpha value is -2.86. The van der Waals surface area contributed by atoms with Crippen molar-refractivity contribution < 1.29 is 14.1 Å². The summed E-state index contributed by atoms with van der Waals surface area (Å²) in [6, 6.07) is 15.3. The lowest BCUT2D eigenvalue weighted by molar-refractivity contribution is -0.689. The molecule has 5 nitrogen and oxygen atoms in total. The van der Waals surface area contributed by atoms with E-state index in [2.05, 4.69) is 39.9 Å². The maximum atomic E-state index is 12.7. The summed E-state index contributed by atoms with van der Waals surface area (Å²) in [5.74, 6) is 0.788. The van der Waals surface area contributed by atoms with Gasteiger partial charge in [0.25, 0.3) is 0 Å². The maximum Gasteiger partial charge on any atom is 0.323 e. The van der Waals surface area contributed by atoms with E-state index >= 15 is 0 Å². The van der Waals surface area contributed by atoms with Crippen molar-refractivity contribution in [2.45, 2.75) is 97.4 Å². The van der Waals surface area contributed by atoms with Crippen LogP contribution in [0.5, 0.6) is 5.75 Å². The lowest BCUT2D eigenvalue weighted by Gasteiger charge is -2.12. The van der Waals surface area contributed by atoms with E-state index in [1.165, 1.54) is 76.3 Å². The Kier molecular flexibility index (Phi) is 13.8. The van der Waals surface area contributed by atoms with Gasteiger partial charge >= 0.3 is 6.03 Å². The van der Waals surface area contributed by atoms with Gasteiger partial charge in [0.2, 0.25) is 5.51 Å². The molecule has 0 bridgehead atoms. The van der Waals surface area contributed by atoms with Crippen molar-refractivity contribution in [3.8, 4) is 5.75 Å². The first-order valence-electron chi connectivity index (χ1n) is 14.5. The van der Waals surface area contributed by atoms with Gasteiger partial charge in [-0.25, -0.2) is 4.79 Å². The van der Waals surface area contributed by atoms with Crippen LogP contribution in [0.15, 0.2) is 59.4 Å². The number of amides is 2. The zero-order chi connectivity index (χ0) is 26.8. The summed E-state index contributed by atoms with van der Waals surface area (Å²) in [7, 11) is 0. The van der Waals surface area contributed by atoms with Crippen LogP contribution in [0.1, 0.15) is 95.2 Å². The Bertz CT molecular complexity index is 1080. The first-order valence-corrected chi connectivity index (χ1v) is 15.4. The lowest BCUT2D eigenvalue weighted by atomic mass is 10.1. The molecule has 0 aliphatic heterocycles. The second kappa shape index (κ2) is 17.6. The van der Waals surface area contributed by atoms with E-state index in [0.717, 1.165) is 29.1 Å². The number of nitrogens with one attached hydrogen (secondary N) is 2. The summed E-state index contributed by atoms with van der Waals surface area (Å²) < 4.78 is 8.13. The average molecular weight is 537 g/mol. The number of aromatic nitrogens is 1. The van der Waals surface area contributed by atoms with Gasteiger partial charge in [0.05, 0.1) is 17.7 Å². The molecule has 0 aliphatic carbocycles. The quantitative estimate of drug-likeness (QED) is 0.126. The van der Waals surface area contributed by atoms with Crippen molar-refractivity contribution in [1.29, 1.82) is 0 Å². The number of carbonyl (C=O) groups is 1. The van der Waals surface area contributed by atoms with Crippen molar-refractivity contribution in [2.24, 2.45) is 0 Å². The van der Waals surface area contributed by atoms with Crippen LogP contribution in [-0.2, 0) is 6.54 Å². The molecule has 3 aromatic rings. The third-order valence-corrected chi connectivity index (χ3v) is 7.70. The fraction of sp³-hybridized carbons (Fsp3) is 0.500. The third-order valence-electron chi connectivity index (χ3n) is 6.84. The second-order valence-electron chi connectivity index (χ2n) is 10.1. The molecule has 0 unspecified atom stereocenters. The van der Waals surface area contributed by atoms with Crippen molar-refractivity contribution in [1.82, 2.24) is 0 Å². The molecule has 0 spiro atoms. The number of hydrogen-bond donors (Lipinski definition) is 2. The van der Waals surface area contributed by atoms with Gasteiger partial charge in [-0.15, -0.1) is 0 Å². The molecule has 0 fully saturated rings. The predicted octanol–water partition coefficient (Wildman–Crippen LogP) is 9.12. The highest BCUT2D eigenvalue weighted by Crippen LogP contribution is 2.20. The monoisotopic (exact) mass is 536 g/mol. The normalized spacial score (nSPS) is 10.9. The van der Waals surface area contributed by atoms with Crippen LogP contribution in [0.2, 0.25) is 0 Å². The fourth-order valence-electron chi connectivity index (χ4n) is 4.56. The number of rotatable bonds is 18. The standard InChI is InChI=1S/C32H45N3O2S/c1-3-4-5-6-7-8-9-10-11-12-13-16-22-37-30-20-17-19-29(23-30)33-32(36)34-31-21-15-14-18-28(31)24-35-26-38-25-27(35)2/h14-15,17-21,23,25-26H,3-13,16,22,24H2,1-2H3,(H-,33,34,36)/p+1. The Morgan fingerprint density at radius 1 is 0.842 bits per heavy atom. The van der Waals surface area contributed by atoms with Crippen LogP contribution in [0.4, 0.5) is 16.2 Å². The molecule has 0 saturated carbocycles. The molecule has 3 rings (SSSR count). The van der Waals surface area contributed by atoms with Gasteiger partial charge < -0.3 is 15.4 Å². The minimum atomic E-state index is -0.261. The molecule has 0 atom stereocenters. The van der Waals surface area contributed by atoms with Gasteiger partial charge in [-0.2, -0.15) is 4.57 Å². The number of unbranched alkanes of at least 4 members (excludes halogenated alkanes) is 11. The van der Waals surface area contributed by atoms with Gasteiger partial charge in [0.1, 0.15) is 5.75 Å². The summed E-state index contributed by atoms with van der Waals surface area (Å²) in [5.41, 5.74) is 5.88. The number of hydrogen-bond acceptors (Lipinski definition) is 3. The smallest absolute Gasteiger partial charge is 0.323 e. The zero-order valence-corrected chi connectivity index (χ0v) is 24.2. The Balaban J connectivity index is 1.32. The summed E-state index contributed by atoms with van der Waals surface area (Å²) in [6.45, 7) is 5.79. The molecule has 38 heavy (non-hydrogen) atoms. The number of nitrogens with zero attached hydrogens (tertiary/aromatic N) is 1. The maximum absolute atomic E-state index is 12.7. The first-order chi connectivity index (χ1) is 18.7. The van der Waals surface area contributed by atoms with E-state index in [9.17, 15) is 4.79 Å². The van der Waals surface area contributed by atoms with Gasteiger partial charge in [0.15, 0.2) is 12.2 Å². The molecular formula is C32H46N3O2S+. The third kappa shape index (κ3) is 11.3. The van der Waals surface area contributed by atoms with Crippen LogP contribution >= 0.6 is 11.3 Å². The van der Waals surface area contributed by atoms with Crippen molar-refractivity contribution in [2.75, 3.05) is 17.2 Å². The van der Waals surface area contributed by atoms with Gasteiger partial charge in [-0.3, -0.25) is 0 Å².